The first-order valence-corrected chi connectivity index (χ1v) is 5.05. The summed E-state index contributed by atoms with van der Waals surface area (Å²) in [6.45, 7) is 2.60. The van der Waals surface area contributed by atoms with Gasteiger partial charge in [0.05, 0.1) is 6.61 Å². The molecule has 0 atom stereocenters. The summed E-state index contributed by atoms with van der Waals surface area (Å²) in [6, 6.07) is 14.1. The van der Waals surface area contributed by atoms with Gasteiger partial charge in [-0.2, -0.15) is 0 Å². The van der Waals surface area contributed by atoms with Gasteiger partial charge in [0.2, 0.25) is 5.88 Å². The molecule has 0 radical (unpaired) electrons. The maximum absolute atomic E-state index is 5.48. The van der Waals surface area contributed by atoms with Gasteiger partial charge in [0.25, 0.3) is 0 Å². The Bertz CT molecular complexity index is 426. The van der Waals surface area contributed by atoms with E-state index in [9.17, 15) is 0 Å². The lowest BCUT2D eigenvalue weighted by Gasteiger charge is -2.08. The predicted molar refractivity (Wildman–Crippen MR) is 60.8 cm³/mol. The van der Waals surface area contributed by atoms with Crippen molar-refractivity contribution in [1.82, 2.24) is 4.98 Å². The molecule has 0 aliphatic carbocycles. The van der Waals surface area contributed by atoms with Crippen LogP contribution in [0.15, 0.2) is 48.7 Å². The van der Waals surface area contributed by atoms with E-state index in [0.717, 1.165) is 11.1 Å². The Balaban J connectivity index is 2.43. The molecule has 2 nitrogen and oxygen atoms in total. The van der Waals surface area contributed by atoms with E-state index in [0.29, 0.717) is 12.5 Å². The summed E-state index contributed by atoms with van der Waals surface area (Å²) >= 11 is 0. The van der Waals surface area contributed by atoms with Crippen LogP contribution in [0.1, 0.15) is 6.92 Å². The highest BCUT2D eigenvalue weighted by atomic mass is 16.5. The highest BCUT2D eigenvalue weighted by molar-refractivity contribution is 5.68. The van der Waals surface area contributed by atoms with Crippen LogP contribution in [0.2, 0.25) is 0 Å². The van der Waals surface area contributed by atoms with Gasteiger partial charge in [-0.05, 0) is 24.6 Å². The van der Waals surface area contributed by atoms with Crippen molar-refractivity contribution in [2.45, 2.75) is 6.92 Å². The van der Waals surface area contributed by atoms with Crippen LogP contribution in [-0.4, -0.2) is 11.6 Å². The van der Waals surface area contributed by atoms with Gasteiger partial charge >= 0.3 is 0 Å². The first-order valence-electron chi connectivity index (χ1n) is 5.05. The van der Waals surface area contributed by atoms with Gasteiger partial charge in [-0.15, -0.1) is 0 Å². The molecular weight excluding hydrogens is 186 g/mol. The molecule has 2 aromatic rings. The van der Waals surface area contributed by atoms with Gasteiger partial charge in [-0.3, -0.25) is 0 Å². The Morgan fingerprint density at radius 1 is 1.07 bits per heavy atom. The second-order valence-electron chi connectivity index (χ2n) is 3.16. The van der Waals surface area contributed by atoms with Crippen LogP contribution in [0.3, 0.4) is 0 Å². The molecule has 1 aromatic heterocycles. The van der Waals surface area contributed by atoms with Crippen molar-refractivity contribution in [3.8, 4) is 17.0 Å². The minimum atomic E-state index is 0.636. The van der Waals surface area contributed by atoms with Gasteiger partial charge in [-0.1, -0.05) is 30.3 Å². The molecule has 0 spiro atoms. The van der Waals surface area contributed by atoms with Crippen molar-refractivity contribution in [2.75, 3.05) is 6.61 Å². The lowest BCUT2D eigenvalue weighted by Crippen LogP contribution is -1.96. The zero-order chi connectivity index (χ0) is 10.5. The van der Waals surface area contributed by atoms with Crippen LogP contribution < -0.4 is 4.74 Å². The minimum absolute atomic E-state index is 0.636. The molecule has 0 aliphatic rings. The fraction of sp³-hybridized carbons (Fsp3) is 0.154. The Hall–Kier alpha value is -1.83. The second kappa shape index (κ2) is 4.60. The normalized spacial score (nSPS) is 9.93. The quantitative estimate of drug-likeness (QED) is 0.757. The molecule has 15 heavy (non-hydrogen) atoms. The van der Waals surface area contributed by atoms with Gasteiger partial charge in [0.15, 0.2) is 0 Å². The molecule has 0 N–H and O–H groups in total. The lowest BCUT2D eigenvalue weighted by atomic mass is 10.1. The predicted octanol–water partition coefficient (Wildman–Crippen LogP) is 3.15. The summed E-state index contributed by atoms with van der Waals surface area (Å²) < 4.78 is 5.48. The SMILES string of the molecule is CCOc1ncccc1-c1ccccc1. The fourth-order valence-corrected chi connectivity index (χ4v) is 1.48. The molecule has 0 amide bonds. The first-order chi connectivity index (χ1) is 7.42. The van der Waals surface area contributed by atoms with Gasteiger partial charge in [0.1, 0.15) is 0 Å². The van der Waals surface area contributed by atoms with Crippen LogP contribution in [0.5, 0.6) is 5.88 Å². The number of aromatic nitrogens is 1. The van der Waals surface area contributed by atoms with E-state index in [2.05, 4.69) is 17.1 Å². The Kier molecular flexibility index (Phi) is 2.98. The minimum Gasteiger partial charge on any atom is -0.478 e. The standard InChI is InChI=1S/C13H13NO/c1-2-15-13-12(9-6-10-14-13)11-7-4-3-5-8-11/h3-10H,2H2,1H3. The topological polar surface area (TPSA) is 22.1 Å². The van der Waals surface area contributed by atoms with Crippen LogP contribution >= 0.6 is 0 Å². The third-order valence-corrected chi connectivity index (χ3v) is 2.14. The highest BCUT2D eigenvalue weighted by Gasteiger charge is 2.05. The molecule has 0 fully saturated rings. The number of pyridine rings is 1. The molecule has 1 aromatic carbocycles. The van der Waals surface area contributed by atoms with Crippen LogP contribution in [-0.2, 0) is 0 Å². The average Bonchev–Trinajstić information content (AvgIpc) is 2.31. The van der Waals surface area contributed by atoms with E-state index >= 15 is 0 Å². The smallest absolute Gasteiger partial charge is 0.221 e. The van der Waals surface area contributed by atoms with Crippen molar-refractivity contribution in [1.29, 1.82) is 0 Å². The van der Waals surface area contributed by atoms with Crippen molar-refractivity contribution < 1.29 is 4.74 Å². The second-order valence-corrected chi connectivity index (χ2v) is 3.16. The van der Waals surface area contributed by atoms with Crippen molar-refractivity contribution in [3.05, 3.63) is 48.7 Å². The van der Waals surface area contributed by atoms with Gasteiger partial charge < -0.3 is 4.74 Å². The number of rotatable bonds is 3. The summed E-state index contributed by atoms with van der Waals surface area (Å²) in [4.78, 5) is 4.22. The molecule has 1 heterocycles. The van der Waals surface area contributed by atoms with Crippen molar-refractivity contribution >= 4 is 0 Å². The Labute approximate surface area is 89.6 Å². The van der Waals surface area contributed by atoms with E-state index in [4.69, 9.17) is 4.74 Å². The number of ether oxygens (including phenoxy) is 1. The molecule has 2 heteroatoms. The van der Waals surface area contributed by atoms with E-state index in [1.54, 1.807) is 6.20 Å². The summed E-state index contributed by atoms with van der Waals surface area (Å²) in [6.07, 6.45) is 1.75. The Morgan fingerprint density at radius 3 is 2.60 bits per heavy atom. The number of nitrogens with zero attached hydrogens (tertiary/aromatic N) is 1. The summed E-state index contributed by atoms with van der Waals surface area (Å²) in [7, 11) is 0. The zero-order valence-corrected chi connectivity index (χ0v) is 8.68. The lowest BCUT2D eigenvalue weighted by molar-refractivity contribution is 0.328. The summed E-state index contributed by atoms with van der Waals surface area (Å²) in [5, 5.41) is 0. The number of hydrogen-bond donors (Lipinski definition) is 0. The molecular formula is C13H13NO. The van der Waals surface area contributed by atoms with Crippen molar-refractivity contribution in [2.24, 2.45) is 0 Å². The van der Waals surface area contributed by atoms with Crippen LogP contribution in [0.4, 0.5) is 0 Å². The van der Waals surface area contributed by atoms with E-state index in [-0.39, 0.29) is 0 Å². The summed E-state index contributed by atoms with van der Waals surface area (Å²) in [5.41, 5.74) is 2.18. The van der Waals surface area contributed by atoms with Crippen LogP contribution in [0.25, 0.3) is 11.1 Å². The number of benzene rings is 1. The van der Waals surface area contributed by atoms with E-state index in [1.807, 2.05) is 37.3 Å². The highest BCUT2D eigenvalue weighted by Crippen LogP contribution is 2.26. The molecule has 0 aliphatic heterocycles. The fourth-order valence-electron chi connectivity index (χ4n) is 1.48. The largest absolute Gasteiger partial charge is 0.478 e. The monoisotopic (exact) mass is 199 g/mol. The van der Waals surface area contributed by atoms with Gasteiger partial charge in [0, 0.05) is 11.8 Å². The van der Waals surface area contributed by atoms with Gasteiger partial charge in [-0.25, -0.2) is 4.98 Å². The molecule has 76 valence electrons. The molecule has 0 saturated heterocycles. The summed E-state index contributed by atoms with van der Waals surface area (Å²) in [5.74, 6) is 0.700. The van der Waals surface area contributed by atoms with Crippen LogP contribution in [0, 0.1) is 0 Å². The average molecular weight is 199 g/mol. The third-order valence-electron chi connectivity index (χ3n) is 2.14. The maximum Gasteiger partial charge on any atom is 0.221 e. The Morgan fingerprint density at radius 2 is 1.87 bits per heavy atom. The van der Waals surface area contributed by atoms with Crippen molar-refractivity contribution in [3.63, 3.8) is 0 Å². The zero-order valence-electron chi connectivity index (χ0n) is 8.68. The third kappa shape index (κ3) is 2.15. The molecule has 2 rings (SSSR count). The molecule has 0 bridgehead atoms. The molecule has 0 unspecified atom stereocenters. The maximum atomic E-state index is 5.48. The molecule has 0 saturated carbocycles. The van der Waals surface area contributed by atoms with E-state index in [1.165, 1.54) is 0 Å². The van der Waals surface area contributed by atoms with E-state index < -0.39 is 0 Å². The first kappa shape index (κ1) is 9.71. The number of hydrogen-bond acceptors (Lipinski definition) is 2.